The Bertz CT molecular complexity index is 392. The van der Waals surface area contributed by atoms with Crippen LogP contribution in [0.4, 0.5) is 0 Å². The molecule has 0 bridgehead atoms. The number of nitrogens with zero attached hydrogens (tertiary/aromatic N) is 2. The monoisotopic (exact) mass is 222 g/mol. The van der Waals surface area contributed by atoms with Gasteiger partial charge in [0.1, 0.15) is 5.82 Å². The van der Waals surface area contributed by atoms with Crippen LogP contribution in [0.25, 0.3) is 0 Å². The molecule has 6 heteroatoms. The van der Waals surface area contributed by atoms with E-state index in [0.717, 1.165) is 5.69 Å². The maximum absolute atomic E-state index is 11.2. The Morgan fingerprint density at radius 2 is 2.12 bits per heavy atom. The molecule has 0 spiro atoms. The first kappa shape index (κ1) is 12.1. The smallest absolute Gasteiger partial charge is 0.239 e. The van der Waals surface area contributed by atoms with Gasteiger partial charge < -0.3 is 10.6 Å². The van der Waals surface area contributed by atoms with Gasteiger partial charge in [0.2, 0.25) is 11.8 Å². The van der Waals surface area contributed by atoms with Gasteiger partial charge in [0, 0.05) is 13.1 Å². The number of hydrogen-bond donors (Lipinski definition) is 2. The van der Waals surface area contributed by atoms with E-state index < -0.39 is 0 Å². The molecule has 2 N–H and O–H groups in total. The van der Waals surface area contributed by atoms with Crippen molar-refractivity contribution in [3.05, 3.63) is 23.8 Å². The molecule has 0 saturated heterocycles. The minimum atomic E-state index is -0.244. The van der Waals surface area contributed by atoms with E-state index in [9.17, 15) is 9.59 Å². The highest BCUT2D eigenvalue weighted by Gasteiger charge is 2.02. The highest BCUT2D eigenvalue weighted by molar-refractivity contribution is 5.83. The molecule has 0 radical (unpaired) electrons. The van der Waals surface area contributed by atoms with Gasteiger partial charge >= 0.3 is 0 Å². The van der Waals surface area contributed by atoms with Gasteiger partial charge in [-0.2, -0.15) is 0 Å². The van der Waals surface area contributed by atoms with Gasteiger partial charge in [0.25, 0.3) is 0 Å². The van der Waals surface area contributed by atoms with Crippen molar-refractivity contribution in [2.45, 2.75) is 20.4 Å². The van der Waals surface area contributed by atoms with E-state index in [2.05, 4.69) is 20.6 Å². The Kier molecular flexibility index (Phi) is 4.38. The fourth-order valence-corrected chi connectivity index (χ4v) is 1.06. The maximum Gasteiger partial charge on any atom is 0.239 e. The third-order valence-electron chi connectivity index (χ3n) is 1.80. The second-order valence-electron chi connectivity index (χ2n) is 3.28. The van der Waals surface area contributed by atoms with Crippen LogP contribution in [0.2, 0.25) is 0 Å². The van der Waals surface area contributed by atoms with E-state index in [1.165, 1.54) is 6.92 Å². The Morgan fingerprint density at radius 3 is 2.75 bits per heavy atom. The standard InChI is InChI=1S/C10H14N4O2/c1-7-11-4-3-9(14-7)5-13-10(16)6-12-8(2)15/h3-4H,5-6H2,1-2H3,(H,12,15)(H,13,16). The Hall–Kier alpha value is -1.98. The molecule has 2 amide bonds. The summed E-state index contributed by atoms with van der Waals surface area (Å²) in [5.74, 6) is 0.188. The predicted octanol–water partition coefficient (Wildman–Crippen LogP) is -0.463. The number of carbonyl (C=O) groups is 2. The largest absolute Gasteiger partial charge is 0.349 e. The normalized spacial score (nSPS) is 9.62. The zero-order chi connectivity index (χ0) is 12.0. The highest BCUT2D eigenvalue weighted by atomic mass is 16.2. The molecule has 16 heavy (non-hydrogen) atoms. The lowest BCUT2D eigenvalue weighted by atomic mass is 10.4. The molecule has 6 nitrogen and oxygen atoms in total. The van der Waals surface area contributed by atoms with Crippen molar-refractivity contribution in [1.82, 2.24) is 20.6 Å². The van der Waals surface area contributed by atoms with Crippen LogP contribution >= 0.6 is 0 Å². The minimum Gasteiger partial charge on any atom is -0.349 e. The van der Waals surface area contributed by atoms with Crippen molar-refractivity contribution in [1.29, 1.82) is 0 Å². The first-order chi connectivity index (χ1) is 7.58. The number of rotatable bonds is 4. The summed E-state index contributed by atoms with van der Waals surface area (Å²) in [7, 11) is 0. The summed E-state index contributed by atoms with van der Waals surface area (Å²) in [5, 5.41) is 5.05. The van der Waals surface area contributed by atoms with E-state index in [0.29, 0.717) is 12.4 Å². The van der Waals surface area contributed by atoms with Gasteiger partial charge in [-0.25, -0.2) is 9.97 Å². The lowest BCUT2D eigenvalue weighted by Gasteiger charge is -2.05. The number of carbonyl (C=O) groups excluding carboxylic acids is 2. The SMILES string of the molecule is CC(=O)NCC(=O)NCc1ccnc(C)n1. The van der Waals surface area contributed by atoms with Crippen LogP contribution in [0.5, 0.6) is 0 Å². The van der Waals surface area contributed by atoms with Gasteiger partial charge in [-0.1, -0.05) is 0 Å². The lowest BCUT2D eigenvalue weighted by Crippen LogP contribution is -2.35. The lowest BCUT2D eigenvalue weighted by molar-refractivity contribution is -0.125. The number of nitrogens with one attached hydrogen (secondary N) is 2. The van der Waals surface area contributed by atoms with Gasteiger partial charge in [-0.3, -0.25) is 9.59 Å². The first-order valence-electron chi connectivity index (χ1n) is 4.87. The highest BCUT2D eigenvalue weighted by Crippen LogP contribution is 1.93. The van der Waals surface area contributed by atoms with E-state index in [1.807, 2.05) is 0 Å². The molecule has 86 valence electrons. The summed E-state index contributed by atoms with van der Waals surface area (Å²) in [6, 6.07) is 1.73. The maximum atomic E-state index is 11.2. The second-order valence-corrected chi connectivity index (χ2v) is 3.28. The molecule has 1 aromatic rings. The molecule has 0 aromatic carbocycles. The van der Waals surface area contributed by atoms with Crippen LogP contribution in [0.3, 0.4) is 0 Å². The molecule has 0 saturated carbocycles. The van der Waals surface area contributed by atoms with Crippen molar-refractivity contribution in [3.63, 3.8) is 0 Å². The third-order valence-corrected chi connectivity index (χ3v) is 1.80. The zero-order valence-corrected chi connectivity index (χ0v) is 9.28. The van der Waals surface area contributed by atoms with Crippen molar-refractivity contribution < 1.29 is 9.59 Å². The molecule has 0 fully saturated rings. The number of hydrogen-bond acceptors (Lipinski definition) is 4. The molecule has 1 aromatic heterocycles. The number of aryl methyl sites for hydroxylation is 1. The van der Waals surface area contributed by atoms with E-state index in [1.54, 1.807) is 19.2 Å². The fraction of sp³-hybridized carbons (Fsp3) is 0.400. The third kappa shape index (κ3) is 4.50. The van der Waals surface area contributed by atoms with Crippen LogP contribution in [-0.2, 0) is 16.1 Å². The van der Waals surface area contributed by atoms with Crippen LogP contribution in [-0.4, -0.2) is 28.3 Å². The fourth-order valence-electron chi connectivity index (χ4n) is 1.06. The molecule has 0 aliphatic rings. The average Bonchev–Trinajstić information content (AvgIpc) is 2.23. The van der Waals surface area contributed by atoms with Crippen LogP contribution in [0, 0.1) is 6.92 Å². The van der Waals surface area contributed by atoms with E-state index >= 15 is 0 Å². The summed E-state index contributed by atoms with van der Waals surface area (Å²) in [6.45, 7) is 3.46. The summed E-state index contributed by atoms with van der Waals surface area (Å²) >= 11 is 0. The Balaban J connectivity index is 2.34. The quantitative estimate of drug-likeness (QED) is 0.721. The molecule has 1 rings (SSSR count). The molecular weight excluding hydrogens is 208 g/mol. The molecule has 0 atom stereocenters. The Labute approximate surface area is 93.5 Å². The number of aromatic nitrogens is 2. The van der Waals surface area contributed by atoms with E-state index in [4.69, 9.17) is 0 Å². The first-order valence-corrected chi connectivity index (χ1v) is 4.87. The summed E-state index contributed by atoms with van der Waals surface area (Å²) in [5.41, 5.74) is 0.740. The minimum absolute atomic E-state index is 0.0145. The van der Waals surface area contributed by atoms with Crippen LogP contribution in [0.15, 0.2) is 12.3 Å². The molecular formula is C10H14N4O2. The topological polar surface area (TPSA) is 84.0 Å². The van der Waals surface area contributed by atoms with E-state index in [-0.39, 0.29) is 18.4 Å². The average molecular weight is 222 g/mol. The van der Waals surface area contributed by atoms with Crippen molar-refractivity contribution in [2.75, 3.05) is 6.54 Å². The Morgan fingerprint density at radius 1 is 1.38 bits per heavy atom. The molecule has 0 aliphatic heterocycles. The van der Waals surface area contributed by atoms with Crippen molar-refractivity contribution in [2.24, 2.45) is 0 Å². The summed E-state index contributed by atoms with van der Waals surface area (Å²) in [4.78, 5) is 29.9. The molecule has 1 heterocycles. The van der Waals surface area contributed by atoms with Gasteiger partial charge in [-0.05, 0) is 13.0 Å². The summed E-state index contributed by atoms with van der Waals surface area (Å²) in [6.07, 6.45) is 1.64. The van der Waals surface area contributed by atoms with Crippen LogP contribution < -0.4 is 10.6 Å². The van der Waals surface area contributed by atoms with Crippen molar-refractivity contribution >= 4 is 11.8 Å². The van der Waals surface area contributed by atoms with Gasteiger partial charge in [0.05, 0.1) is 18.8 Å². The van der Waals surface area contributed by atoms with Crippen LogP contribution in [0.1, 0.15) is 18.4 Å². The summed E-state index contributed by atoms with van der Waals surface area (Å²) < 4.78 is 0. The van der Waals surface area contributed by atoms with Gasteiger partial charge in [-0.15, -0.1) is 0 Å². The number of amides is 2. The molecule has 0 aliphatic carbocycles. The van der Waals surface area contributed by atoms with Gasteiger partial charge in [0.15, 0.2) is 0 Å². The second kappa shape index (κ2) is 5.79. The molecule has 0 unspecified atom stereocenters. The van der Waals surface area contributed by atoms with Crippen molar-refractivity contribution in [3.8, 4) is 0 Å². The predicted molar refractivity (Wildman–Crippen MR) is 57.3 cm³/mol. The zero-order valence-electron chi connectivity index (χ0n) is 9.28.